The average Bonchev–Trinajstić information content (AvgIpc) is 2.37. The van der Waals surface area contributed by atoms with Crippen LogP contribution in [0.15, 0.2) is 36.5 Å². The van der Waals surface area contributed by atoms with Crippen molar-refractivity contribution in [1.29, 1.82) is 0 Å². The molecule has 2 aromatic rings. The highest BCUT2D eigenvalue weighted by atomic mass is 32.1. The first-order valence-electron chi connectivity index (χ1n) is 6.13. The first kappa shape index (κ1) is 13.5. The number of hydrogen-bond donors (Lipinski definition) is 2. The molecule has 2 N–H and O–H groups in total. The van der Waals surface area contributed by atoms with Crippen LogP contribution in [0.25, 0.3) is 0 Å². The van der Waals surface area contributed by atoms with Gasteiger partial charge < -0.3 is 10.6 Å². The first-order chi connectivity index (χ1) is 9.06. The lowest BCUT2D eigenvalue weighted by Crippen LogP contribution is -2.20. The van der Waals surface area contributed by atoms with Gasteiger partial charge in [-0.15, -0.1) is 0 Å². The van der Waals surface area contributed by atoms with Gasteiger partial charge in [0.1, 0.15) is 5.82 Å². The predicted molar refractivity (Wildman–Crippen MR) is 84.7 cm³/mol. The molecule has 0 fully saturated rings. The lowest BCUT2D eigenvalue weighted by atomic mass is 10.1. The zero-order valence-electron chi connectivity index (χ0n) is 11.3. The Balaban J connectivity index is 2.07. The minimum Gasteiger partial charge on any atom is -0.332 e. The van der Waals surface area contributed by atoms with Gasteiger partial charge in [0.25, 0.3) is 0 Å². The summed E-state index contributed by atoms with van der Waals surface area (Å²) in [5, 5.41) is 6.85. The monoisotopic (exact) mass is 271 g/mol. The molecule has 0 radical (unpaired) electrons. The molecule has 0 amide bonds. The molecule has 98 valence electrons. The van der Waals surface area contributed by atoms with Crippen LogP contribution in [0.3, 0.4) is 0 Å². The van der Waals surface area contributed by atoms with Crippen LogP contribution in [0.4, 0.5) is 11.5 Å². The van der Waals surface area contributed by atoms with E-state index in [1.807, 2.05) is 31.3 Å². The Morgan fingerprint density at radius 2 is 1.68 bits per heavy atom. The van der Waals surface area contributed by atoms with Crippen LogP contribution in [0.5, 0.6) is 0 Å². The molecule has 3 nitrogen and oxygen atoms in total. The number of nitrogens with one attached hydrogen (secondary N) is 2. The maximum Gasteiger partial charge on any atom is 0.176 e. The minimum atomic E-state index is 0.550. The molecule has 0 atom stereocenters. The van der Waals surface area contributed by atoms with E-state index in [1.54, 1.807) is 0 Å². The molecule has 1 aromatic heterocycles. The van der Waals surface area contributed by atoms with Crippen molar-refractivity contribution in [2.75, 3.05) is 10.6 Å². The molecule has 0 bridgehead atoms. The Labute approximate surface area is 119 Å². The number of aromatic nitrogens is 1. The second kappa shape index (κ2) is 5.80. The molecule has 0 spiro atoms. The summed E-state index contributed by atoms with van der Waals surface area (Å²) < 4.78 is 0. The molecule has 4 heteroatoms. The highest BCUT2D eigenvalue weighted by molar-refractivity contribution is 7.80. The van der Waals surface area contributed by atoms with Crippen molar-refractivity contribution in [2.24, 2.45) is 0 Å². The molecule has 0 saturated heterocycles. The van der Waals surface area contributed by atoms with E-state index in [1.165, 1.54) is 11.1 Å². The second-order valence-corrected chi connectivity index (χ2v) is 4.97. The van der Waals surface area contributed by atoms with E-state index in [9.17, 15) is 0 Å². The van der Waals surface area contributed by atoms with Gasteiger partial charge in [-0.25, -0.2) is 4.98 Å². The van der Waals surface area contributed by atoms with E-state index >= 15 is 0 Å². The van der Waals surface area contributed by atoms with Gasteiger partial charge in [-0.3, -0.25) is 0 Å². The number of nitrogens with zero attached hydrogens (tertiary/aromatic N) is 1. The number of rotatable bonds is 2. The SMILES string of the molecule is Cc1ccc(NC(=S)Nc2c(C)cccc2C)nc1. The minimum absolute atomic E-state index is 0.550. The molecule has 0 aliphatic rings. The maximum atomic E-state index is 5.31. The van der Waals surface area contributed by atoms with Crippen LogP contribution in [-0.2, 0) is 0 Å². The molecule has 0 unspecified atom stereocenters. The molecule has 0 saturated carbocycles. The van der Waals surface area contributed by atoms with Gasteiger partial charge >= 0.3 is 0 Å². The summed E-state index contributed by atoms with van der Waals surface area (Å²) in [6, 6.07) is 10.1. The van der Waals surface area contributed by atoms with Crippen molar-refractivity contribution in [3.63, 3.8) is 0 Å². The van der Waals surface area contributed by atoms with Gasteiger partial charge in [-0.1, -0.05) is 24.3 Å². The van der Waals surface area contributed by atoms with Crippen LogP contribution in [0.1, 0.15) is 16.7 Å². The molecule has 0 aliphatic carbocycles. The van der Waals surface area contributed by atoms with Crippen molar-refractivity contribution in [2.45, 2.75) is 20.8 Å². The summed E-state index contributed by atoms with van der Waals surface area (Å²) in [6.45, 7) is 6.12. The first-order valence-corrected chi connectivity index (χ1v) is 6.54. The van der Waals surface area contributed by atoms with Gasteiger partial charge in [0.15, 0.2) is 5.11 Å². The van der Waals surface area contributed by atoms with E-state index in [2.05, 4.69) is 41.6 Å². The van der Waals surface area contributed by atoms with E-state index in [0.717, 1.165) is 17.1 Å². The fraction of sp³-hybridized carbons (Fsp3) is 0.200. The number of aryl methyl sites for hydroxylation is 3. The molecule has 1 heterocycles. The summed E-state index contributed by atoms with van der Waals surface area (Å²) in [5.74, 6) is 0.745. The Morgan fingerprint density at radius 3 is 2.26 bits per heavy atom. The number of hydrogen-bond acceptors (Lipinski definition) is 2. The van der Waals surface area contributed by atoms with E-state index in [0.29, 0.717) is 5.11 Å². The second-order valence-electron chi connectivity index (χ2n) is 4.57. The summed E-state index contributed by atoms with van der Waals surface area (Å²) in [6.07, 6.45) is 1.81. The zero-order chi connectivity index (χ0) is 13.8. The van der Waals surface area contributed by atoms with Crippen LogP contribution in [0, 0.1) is 20.8 Å². The third-order valence-corrected chi connectivity index (χ3v) is 3.08. The number of thiocarbonyl (C=S) groups is 1. The number of para-hydroxylation sites is 1. The Hall–Kier alpha value is -1.94. The highest BCUT2D eigenvalue weighted by Crippen LogP contribution is 2.19. The van der Waals surface area contributed by atoms with Gasteiger partial charge in [-0.2, -0.15) is 0 Å². The molecule has 0 aliphatic heterocycles. The normalized spacial score (nSPS) is 10.1. The maximum absolute atomic E-state index is 5.31. The van der Waals surface area contributed by atoms with Gasteiger partial charge in [-0.05, 0) is 55.7 Å². The summed E-state index contributed by atoms with van der Waals surface area (Å²) in [4.78, 5) is 4.27. The van der Waals surface area contributed by atoms with Crippen molar-refractivity contribution >= 4 is 28.8 Å². The third kappa shape index (κ3) is 3.51. The molecular formula is C15H17N3S. The fourth-order valence-corrected chi connectivity index (χ4v) is 2.02. The number of benzene rings is 1. The van der Waals surface area contributed by atoms with E-state index in [-0.39, 0.29) is 0 Å². The Morgan fingerprint density at radius 1 is 1.00 bits per heavy atom. The van der Waals surface area contributed by atoms with Crippen LogP contribution in [-0.4, -0.2) is 10.1 Å². The van der Waals surface area contributed by atoms with Gasteiger partial charge in [0.2, 0.25) is 0 Å². The van der Waals surface area contributed by atoms with Crippen LogP contribution < -0.4 is 10.6 Å². The summed E-state index contributed by atoms with van der Waals surface area (Å²) in [5.41, 5.74) is 4.51. The van der Waals surface area contributed by atoms with Crippen LogP contribution in [0.2, 0.25) is 0 Å². The highest BCUT2D eigenvalue weighted by Gasteiger charge is 2.04. The fourth-order valence-electron chi connectivity index (χ4n) is 1.81. The van der Waals surface area contributed by atoms with Gasteiger partial charge in [0, 0.05) is 11.9 Å². The lowest BCUT2D eigenvalue weighted by molar-refractivity contribution is 1.27. The molecule has 19 heavy (non-hydrogen) atoms. The topological polar surface area (TPSA) is 37.0 Å². The molecule has 1 aromatic carbocycles. The average molecular weight is 271 g/mol. The standard InChI is InChI=1S/C15H17N3S/c1-10-7-8-13(16-9-10)17-15(19)18-14-11(2)5-4-6-12(14)3/h4-9H,1-3H3,(H2,16,17,18,19). The predicted octanol–water partition coefficient (Wildman–Crippen LogP) is 3.82. The number of pyridine rings is 1. The summed E-state index contributed by atoms with van der Waals surface area (Å²) in [7, 11) is 0. The van der Waals surface area contributed by atoms with Crippen molar-refractivity contribution < 1.29 is 0 Å². The zero-order valence-corrected chi connectivity index (χ0v) is 12.1. The van der Waals surface area contributed by atoms with Crippen molar-refractivity contribution in [3.05, 3.63) is 53.2 Å². The molecule has 2 rings (SSSR count). The van der Waals surface area contributed by atoms with E-state index in [4.69, 9.17) is 12.2 Å². The van der Waals surface area contributed by atoms with Gasteiger partial charge in [0.05, 0.1) is 0 Å². The number of anilines is 2. The lowest BCUT2D eigenvalue weighted by Gasteiger charge is -2.14. The Kier molecular flexibility index (Phi) is 4.12. The smallest absolute Gasteiger partial charge is 0.176 e. The van der Waals surface area contributed by atoms with Crippen molar-refractivity contribution in [1.82, 2.24) is 4.98 Å². The van der Waals surface area contributed by atoms with E-state index < -0.39 is 0 Å². The van der Waals surface area contributed by atoms with Crippen LogP contribution >= 0.6 is 12.2 Å². The summed E-state index contributed by atoms with van der Waals surface area (Å²) >= 11 is 5.31. The Bertz CT molecular complexity index is 571. The molecular weight excluding hydrogens is 254 g/mol. The van der Waals surface area contributed by atoms with Crippen molar-refractivity contribution in [3.8, 4) is 0 Å². The third-order valence-electron chi connectivity index (χ3n) is 2.87. The quantitative estimate of drug-likeness (QED) is 0.814. The largest absolute Gasteiger partial charge is 0.332 e.